The molecule has 7 nitrogen and oxygen atoms in total. The summed E-state index contributed by atoms with van der Waals surface area (Å²) in [5, 5.41) is 18.3. The third-order valence-corrected chi connectivity index (χ3v) is 2.68. The van der Waals surface area contributed by atoms with E-state index in [4.69, 9.17) is 9.84 Å². The molecule has 0 aliphatic carbocycles. The Morgan fingerprint density at radius 2 is 2.24 bits per heavy atom. The van der Waals surface area contributed by atoms with E-state index in [0.717, 1.165) is 6.08 Å². The lowest BCUT2D eigenvalue weighted by Crippen LogP contribution is -2.36. The zero-order valence-electron chi connectivity index (χ0n) is 11.9. The molecule has 114 valence electrons. The van der Waals surface area contributed by atoms with Gasteiger partial charge in [-0.25, -0.2) is 4.79 Å². The van der Waals surface area contributed by atoms with Crippen molar-refractivity contribution in [3.63, 3.8) is 0 Å². The molecule has 0 radical (unpaired) electrons. The summed E-state index contributed by atoms with van der Waals surface area (Å²) >= 11 is 0. The molecule has 1 atom stereocenters. The number of carboxylic acids is 1. The fourth-order valence-corrected chi connectivity index (χ4v) is 1.75. The van der Waals surface area contributed by atoms with Crippen molar-refractivity contribution in [2.45, 2.75) is 6.10 Å². The van der Waals surface area contributed by atoms with Gasteiger partial charge in [-0.2, -0.15) is 0 Å². The first-order chi connectivity index (χ1) is 9.95. The number of hydrogen-bond acceptors (Lipinski definition) is 5. The van der Waals surface area contributed by atoms with Crippen LogP contribution in [0, 0.1) is 0 Å². The molecule has 0 spiro atoms. The lowest BCUT2D eigenvalue weighted by molar-refractivity contribution is -0.131. The number of likely N-dealkylation sites (N-methyl/N-ethyl adjacent to an activating group) is 1. The molecule has 0 saturated carbocycles. The Kier molecular flexibility index (Phi) is 6.51. The standard InChI is InChI=1S/C14H18N2O5/c1-16(8-11(17)9-21-2)14(20)12-5-6-15-7-10(12)3-4-13(18)19/h3-7,11,17H,8-9H2,1-2H3,(H,18,19). The summed E-state index contributed by atoms with van der Waals surface area (Å²) < 4.78 is 4.80. The maximum absolute atomic E-state index is 12.3. The smallest absolute Gasteiger partial charge is 0.328 e. The number of aliphatic hydroxyl groups excluding tert-OH is 1. The van der Waals surface area contributed by atoms with Gasteiger partial charge in [0.1, 0.15) is 0 Å². The molecule has 0 aliphatic heterocycles. The fraction of sp³-hybridized carbons (Fsp3) is 0.357. The number of hydrogen-bond donors (Lipinski definition) is 2. The summed E-state index contributed by atoms with van der Waals surface area (Å²) in [5.41, 5.74) is 0.715. The minimum absolute atomic E-state index is 0.108. The van der Waals surface area contributed by atoms with Crippen molar-refractivity contribution in [1.82, 2.24) is 9.88 Å². The van der Waals surface area contributed by atoms with Crippen molar-refractivity contribution in [2.75, 3.05) is 27.3 Å². The molecule has 1 unspecified atom stereocenters. The Bertz CT molecular complexity index is 530. The maximum Gasteiger partial charge on any atom is 0.328 e. The quantitative estimate of drug-likeness (QED) is 0.700. The van der Waals surface area contributed by atoms with E-state index >= 15 is 0 Å². The molecular formula is C14H18N2O5. The third kappa shape index (κ3) is 5.33. The largest absolute Gasteiger partial charge is 0.478 e. The molecule has 0 bridgehead atoms. The van der Waals surface area contributed by atoms with Gasteiger partial charge in [0.15, 0.2) is 0 Å². The predicted octanol–water partition coefficient (Wildman–Crippen LogP) is 0.259. The molecule has 2 N–H and O–H groups in total. The molecule has 0 aliphatic rings. The van der Waals surface area contributed by atoms with Crippen molar-refractivity contribution >= 4 is 18.0 Å². The van der Waals surface area contributed by atoms with Crippen LogP contribution in [0.15, 0.2) is 24.5 Å². The second-order valence-corrected chi connectivity index (χ2v) is 4.43. The predicted molar refractivity (Wildman–Crippen MR) is 75.8 cm³/mol. The Morgan fingerprint density at radius 3 is 2.86 bits per heavy atom. The normalized spacial score (nSPS) is 12.3. The lowest BCUT2D eigenvalue weighted by Gasteiger charge is -2.21. The van der Waals surface area contributed by atoms with E-state index in [1.807, 2.05) is 0 Å². The minimum atomic E-state index is -1.11. The molecule has 7 heteroatoms. The molecule has 1 rings (SSSR count). The van der Waals surface area contributed by atoms with Gasteiger partial charge < -0.3 is 19.8 Å². The highest BCUT2D eigenvalue weighted by molar-refractivity contribution is 5.98. The van der Waals surface area contributed by atoms with E-state index in [9.17, 15) is 14.7 Å². The van der Waals surface area contributed by atoms with Gasteiger partial charge in [-0.1, -0.05) is 0 Å². The molecule has 1 aromatic rings. The Morgan fingerprint density at radius 1 is 1.52 bits per heavy atom. The van der Waals surface area contributed by atoms with Crippen LogP contribution in [0.2, 0.25) is 0 Å². The highest BCUT2D eigenvalue weighted by atomic mass is 16.5. The van der Waals surface area contributed by atoms with Crippen molar-refractivity contribution in [2.24, 2.45) is 0 Å². The van der Waals surface area contributed by atoms with Gasteiger partial charge in [-0.3, -0.25) is 9.78 Å². The van der Waals surface area contributed by atoms with Gasteiger partial charge in [0.2, 0.25) is 0 Å². The maximum atomic E-state index is 12.3. The summed E-state index contributed by atoms with van der Waals surface area (Å²) in [6.45, 7) is 0.233. The van der Waals surface area contributed by atoms with Crippen molar-refractivity contribution < 1.29 is 24.5 Å². The van der Waals surface area contributed by atoms with E-state index in [0.29, 0.717) is 11.1 Å². The van der Waals surface area contributed by atoms with Crippen LogP contribution in [0.3, 0.4) is 0 Å². The van der Waals surface area contributed by atoms with Crippen LogP contribution in [-0.4, -0.2) is 65.4 Å². The minimum Gasteiger partial charge on any atom is -0.478 e. The molecule has 1 aromatic heterocycles. The van der Waals surface area contributed by atoms with Crippen LogP contribution in [0.4, 0.5) is 0 Å². The molecule has 0 saturated heterocycles. The van der Waals surface area contributed by atoms with Crippen LogP contribution in [0.25, 0.3) is 6.08 Å². The highest BCUT2D eigenvalue weighted by Gasteiger charge is 2.17. The zero-order valence-corrected chi connectivity index (χ0v) is 11.9. The van der Waals surface area contributed by atoms with Crippen LogP contribution in [-0.2, 0) is 9.53 Å². The number of nitrogens with zero attached hydrogens (tertiary/aromatic N) is 2. The van der Waals surface area contributed by atoms with E-state index in [-0.39, 0.29) is 19.1 Å². The number of carbonyl (C=O) groups excluding carboxylic acids is 1. The van der Waals surface area contributed by atoms with Crippen molar-refractivity contribution in [3.05, 3.63) is 35.7 Å². The molecule has 1 heterocycles. The molecule has 0 fully saturated rings. The number of carboxylic acid groups (broad SMARTS) is 1. The molecule has 0 aromatic carbocycles. The number of carbonyl (C=O) groups is 2. The second-order valence-electron chi connectivity index (χ2n) is 4.43. The first-order valence-corrected chi connectivity index (χ1v) is 6.23. The fourth-order valence-electron chi connectivity index (χ4n) is 1.75. The van der Waals surface area contributed by atoms with Crippen LogP contribution >= 0.6 is 0 Å². The van der Waals surface area contributed by atoms with E-state index < -0.39 is 12.1 Å². The molecule has 1 amide bonds. The number of ether oxygens (including phenoxy) is 1. The average Bonchev–Trinajstić information content (AvgIpc) is 2.44. The number of amides is 1. The molecule has 21 heavy (non-hydrogen) atoms. The van der Waals surface area contributed by atoms with Gasteiger partial charge in [-0.15, -0.1) is 0 Å². The first kappa shape index (κ1) is 16.8. The number of aliphatic carboxylic acids is 1. The summed E-state index contributed by atoms with van der Waals surface area (Å²) in [7, 11) is 3.01. The number of aromatic nitrogens is 1. The number of pyridine rings is 1. The van der Waals surface area contributed by atoms with Gasteiger partial charge in [-0.05, 0) is 12.1 Å². The third-order valence-electron chi connectivity index (χ3n) is 2.68. The van der Waals surface area contributed by atoms with Gasteiger partial charge in [0.25, 0.3) is 5.91 Å². The second kappa shape index (κ2) is 8.13. The summed E-state index contributed by atoms with van der Waals surface area (Å²) in [4.78, 5) is 28.1. The number of aliphatic hydroxyl groups is 1. The summed E-state index contributed by atoms with van der Waals surface area (Å²) in [6.07, 6.45) is 4.32. The molecular weight excluding hydrogens is 276 g/mol. The zero-order chi connectivity index (χ0) is 15.8. The summed E-state index contributed by atoms with van der Waals surface area (Å²) in [6, 6.07) is 1.50. The van der Waals surface area contributed by atoms with E-state index in [1.165, 1.54) is 36.5 Å². The topological polar surface area (TPSA) is 100.0 Å². The van der Waals surface area contributed by atoms with Gasteiger partial charge in [0, 0.05) is 50.3 Å². The Balaban J connectivity index is 2.89. The van der Waals surface area contributed by atoms with Gasteiger partial charge in [0.05, 0.1) is 12.7 Å². The number of rotatable bonds is 7. The average molecular weight is 294 g/mol. The van der Waals surface area contributed by atoms with Crippen LogP contribution in [0.1, 0.15) is 15.9 Å². The SMILES string of the molecule is COCC(O)CN(C)C(=O)c1ccncc1C=CC(=O)O. The van der Waals surface area contributed by atoms with E-state index in [1.54, 1.807) is 7.05 Å². The lowest BCUT2D eigenvalue weighted by atomic mass is 10.1. The van der Waals surface area contributed by atoms with Crippen molar-refractivity contribution in [1.29, 1.82) is 0 Å². The highest BCUT2D eigenvalue weighted by Crippen LogP contribution is 2.12. The Hall–Kier alpha value is -2.25. The van der Waals surface area contributed by atoms with Gasteiger partial charge >= 0.3 is 5.97 Å². The van der Waals surface area contributed by atoms with Crippen LogP contribution < -0.4 is 0 Å². The van der Waals surface area contributed by atoms with Crippen molar-refractivity contribution in [3.8, 4) is 0 Å². The van der Waals surface area contributed by atoms with Crippen LogP contribution in [0.5, 0.6) is 0 Å². The number of methoxy groups -OCH3 is 1. The monoisotopic (exact) mass is 294 g/mol. The first-order valence-electron chi connectivity index (χ1n) is 6.23. The van der Waals surface area contributed by atoms with E-state index in [2.05, 4.69) is 4.98 Å². The Labute approximate surface area is 122 Å². The summed E-state index contributed by atoms with van der Waals surface area (Å²) in [5.74, 6) is -1.45.